The predicted molar refractivity (Wildman–Crippen MR) is 103 cm³/mol. The van der Waals surface area contributed by atoms with Crippen molar-refractivity contribution >= 4 is 23.9 Å². The van der Waals surface area contributed by atoms with E-state index in [1.54, 1.807) is 30.3 Å². The number of aromatic hydroxyl groups is 1. The Labute approximate surface area is 167 Å². The first-order valence-electron chi connectivity index (χ1n) is 8.96. The van der Waals surface area contributed by atoms with Crippen LogP contribution in [0.5, 0.6) is 17.2 Å². The predicted octanol–water partition coefficient (Wildman–Crippen LogP) is 4.08. The van der Waals surface area contributed by atoms with Crippen molar-refractivity contribution in [2.75, 3.05) is 0 Å². The van der Waals surface area contributed by atoms with Crippen LogP contribution < -0.4 is 9.47 Å². The number of ether oxygens (including phenoxy) is 2. The number of fused-ring (bicyclic) bond motifs is 1. The zero-order valence-electron chi connectivity index (χ0n) is 15.3. The number of carboxylic acids is 1. The summed E-state index contributed by atoms with van der Waals surface area (Å²) >= 11 is 6.44. The van der Waals surface area contributed by atoms with Crippen LogP contribution in [0.3, 0.4) is 0 Å². The molecule has 2 aromatic carbocycles. The van der Waals surface area contributed by atoms with Gasteiger partial charge in [0.1, 0.15) is 5.75 Å². The van der Waals surface area contributed by atoms with Crippen molar-refractivity contribution in [3.8, 4) is 17.2 Å². The number of phenolic OH excluding ortho intramolecular Hbond substituents is 1. The van der Waals surface area contributed by atoms with Gasteiger partial charge in [0.05, 0.1) is 5.38 Å². The van der Waals surface area contributed by atoms with E-state index < -0.39 is 11.8 Å². The topological polar surface area (TPSA) is 93.1 Å². The molecule has 0 saturated carbocycles. The lowest BCUT2D eigenvalue weighted by Crippen LogP contribution is -2.48. The summed E-state index contributed by atoms with van der Waals surface area (Å²) in [4.78, 5) is 22.4. The summed E-state index contributed by atoms with van der Waals surface area (Å²) < 4.78 is 10.4. The van der Waals surface area contributed by atoms with E-state index in [9.17, 15) is 19.8 Å². The third-order valence-electron chi connectivity index (χ3n) is 4.71. The molecule has 0 aromatic heterocycles. The summed E-state index contributed by atoms with van der Waals surface area (Å²) in [6.07, 6.45) is 2.50. The van der Waals surface area contributed by atoms with Gasteiger partial charge < -0.3 is 19.7 Å². The fraction of sp³-hybridized carbons (Fsp3) is 0.333. The lowest BCUT2D eigenvalue weighted by Gasteiger charge is -2.15. The number of halogens is 1. The molecule has 3 rings (SSSR count). The molecule has 7 heteroatoms. The van der Waals surface area contributed by atoms with Gasteiger partial charge in [-0.3, -0.25) is 4.79 Å². The number of hydrogen-bond acceptors (Lipinski definition) is 5. The van der Waals surface area contributed by atoms with Crippen LogP contribution in [0, 0.1) is 5.92 Å². The van der Waals surface area contributed by atoms with E-state index >= 15 is 0 Å². The summed E-state index contributed by atoms with van der Waals surface area (Å²) in [7, 11) is 0. The number of hydrogen-bond donors (Lipinski definition) is 2. The first-order chi connectivity index (χ1) is 13.3. The Morgan fingerprint density at radius 1 is 1.18 bits per heavy atom. The van der Waals surface area contributed by atoms with Gasteiger partial charge >= 0.3 is 11.8 Å². The summed E-state index contributed by atoms with van der Waals surface area (Å²) in [5, 5.41) is 18.6. The summed E-state index contributed by atoms with van der Waals surface area (Å²) in [6, 6.07) is 12.1. The van der Waals surface area contributed by atoms with Crippen LogP contribution in [0.25, 0.3) is 0 Å². The smallest absolute Gasteiger partial charge is 0.410 e. The van der Waals surface area contributed by atoms with Gasteiger partial charge in [-0.05, 0) is 60.6 Å². The summed E-state index contributed by atoms with van der Waals surface area (Å²) in [5.74, 6) is -2.81. The van der Waals surface area contributed by atoms with Crippen LogP contribution in [-0.2, 0) is 16.0 Å². The third kappa shape index (κ3) is 4.22. The quantitative estimate of drug-likeness (QED) is 0.391. The highest BCUT2D eigenvalue weighted by Gasteiger charge is 2.50. The van der Waals surface area contributed by atoms with Gasteiger partial charge in [-0.2, -0.15) is 0 Å². The molecule has 0 saturated heterocycles. The Morgan fingerprint density at radius 2 is 1.93 bits per heavy atom. The average Bonchev–Trinajstić information content (AvgIpc) is 3.05. The molecule has 2 N–H and O–H groups in total. The molecule has 1 heterocycles. The van der Waals surface area contributed by atoms with E-state index in [0.29, 0.717) is 5.92 Å². The number of rotatable bonds is 8. The number of aldehydes is 1. The minimum Gasteiger partial charge on any atom is -0.508 e. The first kappa shape index (κ1) is 20.0. The van der Waals surface area contributed by atoms with Gasteiger partial charge in [-0.25, -0.2) is 4.79 Å². The molecule has 148 valence electrons. The van der Waals surface area contributed by atoms with Crippen LogP contribution in [0.15, 0.2) is 42.5 Å². The van der Waals surface area contributed by atoms with Crippen LogP contribution in [0.2, 0.25) is 0 Å². The highest BCUT2D eigenvalue weighted by atomic mass is 35.5. The van der Waals surface area contributed by atoms with Crippen LogP contribution in [0.4, 0.5) is 0 Å². The summed E-state index contributed by atoms with van der Waals surface area (Å²) in [5.41, 5.74) is 1.83. The van der Waals surface area contributed by atoms with Gasteiger partial charge in [0.25, 0.3) is 0 Å². The van der Waals surface area contributed by atoms with Gasteiger partial charge in [0, 0.05) is 0 Å². The van der Waals surface area contributed by atoms with Crippen molar-refractivity contribution in [3.63, 3.8) is 0 Å². The van der Waals surface area contributed by atoms with Crippen LogP contribution in [-0.4, -0.2) is 28.3 Å². The molecule has 0 radical (unpaired) electrons. The maximum Gasteiger partial charge on any atom is 0.410 e. The second kappa shape index (κ2) is 8.10. The van der Waals surface area contributed by atoms with Gasteiger partial charge in [-0.15, -0.1) is 11.6 Å². The lowest BCUT2D eigenvalue weighted by atomic mass is 9.94. The highest BCUT2D eigenvalue weighted by Crippen LogP contribution is 2.40. The number of carbonyl (C=O) groups excluding carboxylic acids is 1. The highest BCUT2D eigenvalue weighted by molar-refractivity contribution is 6.20. The minimum atomic E-state index is -2.31. The summed E-state index contributed by atoms with van der Waals surface area (Å²) in [6.45, 7) is 2.10. The Morgan fingerprint density at radius 3 is 2.61 bits per heavy atom. The van der Waals surface area contributed by atoms with Gasteiger partial charge in [-0.1, -0.05) is 25.1 Å². The first-order valence-corrected chi connectivity index (χ1v) is 9.40. The number of carbonyl (C=O) groups is 2. The van der Waals surface area contributed by atoms with E-state index in [-0.39, 0.29) is 28.9 Å². The largest absolute Gasteiger partial charge is 0.508 e. The number of carboxylic acid groups (broad SMARTS) is 1. The molecule has 6 nitrogen and oxygen atoms in total. The van der Waals surface area contributed by atoms with Crippen molar-refractivity contribution < 1.29 is 29.3 Å². The van der Waals surface area contributed by atoms with Crippen molar-refractivity contribution in [1.82, 2.24) is 0 Å². The molecule has 28 heavy (non-hydrogen) atoms. The van der Waals surface area contributed by atoms with Crippen LogP contribution >= 0.6 is 11.6 Å². The molecule has 0 fully saturated rings. The van der Waals surface area contributed by atoms with E-state index in [2.05, 4.69) is 6.92 Å². The van der Waals surface area contributed by atoms with Gasteiger partial charge in [0.15, 0.2) is 11.5 Å². The maximum atomic E-state index is 11.3. The third-order valence-corrected chi connectivity index (χ3v) is 5.18. The average molecular weight is 405 g/mol. The molecule has 0 spiro atoms. The number of benzene rings is 2. The van der Waals surface area contributed by atoms with E-state index in [1.165, 1.54) is 0 Å². The van der Waals surface area contributed by atoms with E-state index in [1.807, 2.05) is 12.1 Å². The zero-order chi connectivity index (χ0) is 20.3. The van der Waals surface area contributed by atoms with E-state index in [4.69, 9.17) is 21.1 Å². The fourth-order valence-corrected chi connectivity index (χ4v) is 3.46. The second-order valence-corrected chi connectivity index (χ2v) is 7.55. The molecule has 0 amide bonds. The number of aliphatic carboxylic acids is 1. The monoisotopic (exact) mass is 404 g/mol. The van der Waals surface area contributed by atoms with Crippen molar-refractivity contribution in [1.29, 1.82) is 0 Å². The Balaban J connectivity index is 1.59. The van der Waals surface area contributed by atoms with Crippen molar-refractivity contribution in [2.45, 2.75) is 37.4 Å². The molecular formula is C21H21ClO6. The molecule has 3 unspecified atom stereocenters. The normalized spacial score (nSPS) is 19.8. The van der Waals surface area contributed by atoms with Gasteiger partial charge in [0.2, 0.25) is 6.29 Å². The molecule has 0 aliphatic carbocycles. The standard InChI is InChI=1S/C21H21ClO6/c1-13(5-7-17(22)15-3-2-4-16(24)11-15)9-14-6-8-18-19(10-14)28-21(12-23,27-18)20(25)26/h2-4,6,8,10-13,17,24H,5,7,9H2,1H3,(H,25,26). The number of phenols is 1. The fourth-order valence-electron chi connectivity index (χ4n) is 3.20. The van der Waals surface area contributed by atoms with E-state index in [0.717, 1.165) is 30.4 Å². The molecule has 2 aromatic rings. The SMILES string of the molecule is CC(CCC(Cl)c1cccc(O)c1)Cc1ccc2c(c1)OC(C=O)(C(=O)O)O2. The Kier molecular flexibility index (Phi) is 5.79. The second-order valence-electron chi connectivity index (χ2n) is 7.02. The molecule has 0 bridgehead atoms. The molecule has 1 aliphatic rings. The van der Waals surface area contributed by atoms with Crippen molar-refractivity contribution in [2.24, 2.45) is 5.92 Å². The Hall–Kier alpha value is -2.73. The number of alkyl halides is 1. The van der Waals surface area contributed by atoms with Crippen molar-refractivity contribution in [3.05, 3.63) is 53.6 Å². The zero-order valence-corrected chi connectivity index (χ0v) is 16.1. The Bertz CT molecular complexity index is 883. The minimum absolute atomic E-state index is 0.139. The lowest BCUT2D eigenvalue weighted by molar-refractivity contribution is -0.176. The molecular weight excluding hydrogens is 384 g/mol. The molecule has 3 atom stereocenters. The molecule has 1 aliphatic heterocycles. The van der Waals surface area contributed by atoms with Crippen LogP contribution in [0.1, 0.15) is 36.3 Å². The maximum absolute atomic E-state index is 11.3.